The zero-order chi connectivity index (χ0) is 12.8. The van der Waals surface area contributed by atoms with Gasteiger partial charge in [-0.25, -0.2) is 0 Å². The highest BCUT2D eigenvalue weighted by atomic mass is 79.9. The smallest absolute Gasteiger partial charge is 0.125 e. The lowest BCUT2D eigenvalue weighted by Gasteiger charge is -2.18. The third kappa shape index (κ3) is 4.32. The van der Waals surface area contributed by atoms with Crippen LogP contribution in [0.2, 0.25) is 0 Å². The lowest BCUT2D eigenvalue weighted by molar-refractivity contribution is 0.238. The van der Waals surface area contributed by atoms with Crippen LogP contribution in [-0.4, -0.2) is 6.61 Å². The van der Waals surface area contributed by atoms with Crippen LogP contribution in [0.5, 0.6) is 5.75 Å². The average Bonchev–Trinajstić information content (AvgIpc) is 2.30. The van der Waals surface area contributed by atoms with Gasteiger partial charge in [-0.1, -0.05) is 48.7 Å². The minimum Gasteiger partial charge on any atom is -0.493 e. The lowest BCUT2D eigenvalue weighted by atomic mass is 10.0. The molecule has 0 unspecified atom stereocenters. The minimum absolute atomic E-state index is 0.000182. The van der Waals surface area contributed by atoms with Crippen LogP contribution >= 0.6 is 15.9 Å². The molecule has 0 saturated carbocycles. The molecule has 17 heavy (non-hydrogen) atoms. The van der Waals surface area contributed by atoms with Crippen LogP contribution in [0.15, 0.2) is 22.7 Å². The molecule has 0 fully saturated rings. The van der Waals surface area contributed by atoms with Crippen LogP contribution in [0, 0.1) is 5.92 Å². The number of benzene rings is 1. The molecule has 0 aromatic heterocycles. The van der Waals surface area contributed by atoms with Gasteiger partial charge in [-0.15, -0.1) is 0 Å². The highest BCUT2D eigenvalue weighted by molar-refractivity contribution is 9.10. The summed E-state index contributed by atoms with van der Waals surface area (Å²) in [6.07, 6.45) is 2.30. The standard InChI is InChI=1S/C14H22BrNO/c1-4-11(5-2)9-17-14-8-12(15)6-7-13(14)10(3)16/h6-8,10-11H,4-5,9,16H2,1-3H3/t10-/m0/s1. The van der Waals surface area contributed by atoms with Gasteiger partial charge in [0.25, 0.3) is 0 Å². The Morgan fingerprint density at radius 3 is 2.47 bits per heavy atom. The molecule has 0 aliphatic rings. The van der Waals surface area contributed by atoms with Gasteiger partial charge >= 0.3 is 0 Å². The van der Waals surface area contributed by atoms with Gasteiger partial charge in [-0.05, 0) is 25.0 Å². The van der Waals surface area contributed by atoms with Gasteiger partial charge in [0.15, 0.2) is 0 Å². The number of rotatable bonds is 6. The molecule has 0 aliphatic carbocycles. The number of nitrogens with two attached hydrogens (primary N) is 1. The molecule has 0 spiro atoms. The first-order chi connectivity index (χ1) is 8.08. The van der Waals surface area contributed by atoms with Gasteiger partial charge in [0.2, 0.25) is 0 Å². The van der Waals surface area contributed by atoms with Crippen LogP contribution in [0.25, 0.3) is 0 Å². The zero-order valence-corrected chi connectivity index (χ0v) is 12.5. The maximum Gasteiger partial charge on any atom is 0.125 e. The molecule has 0 bridgehead atoms. The molecule has 0 aliphatic heterocycles. The van der Waals surface area contributed by atoms with Crippen LogP contribution in [0.3, 0.4) is 0 Å². The summed E-state index contributed by atoms with van der Waals surface area (Å²) in [6, 6.07) is 6.03. The largest absolute Gasteiger partial charge is 0.493 e. The van der Waals surface area contributed by atoms with Crippen LogP contribution in [0.1, 0.15) is 45.2 Å². The predicted octanol–water partition coefficient (Wildman–Crippen LogP) is 4.28. The molecular formula is C14H22BrNO. The molecule has 1 aromatic rings. The number of hydrogen-bond donors (Lipinski definition) is 1. The molecule has 2 N–H and O–H groups in total. The van der Waals surface area contributed by atoms with Crippen molar-refractivity contribution in [2.24, 2.45) is 11.7 Å². The second-order valence-corrected chi connectivity index (χ2v) is 5.38. The van der Waals surface area contributed by atoms with E-state index in [9.17, 15) is 0 Å². The lowest BCUT2D eigenvalue weighted by Crippen LogP contribution is -2.13. The minimum atomic E-state index is -0.000182. The summed E-state index contributed by atoms with van der Waals surface area (Å²) in [6.45, 7) is 7.15. The summed E-state index contributed by atoms with van der Waals surface area (Å²) in [4.78, 5) is 0. The third-order valence-corrected chi connectivity index (χ3v) is 3.59. The number of hydrogen-bond acceptors (Lipinski definition) is 2. The summed E-state index contributed by atoms with van der Waals surface area (Å²) in [5.41, 5.74) is 7.01. The SMILES string of the molecule is CCC(CC)COc1cc(Br)ccc1[C@H](C)N. The molecule has 3 heteroatoms. The molecule has 1 atom stereocenters. The van der Waals surface area contributed by atoms with E-state index in [0.29, 0.717) is 5.92 Å². The van der Waals surface area contributed by atoms with Crippen molar-refractivity contribution < 1.29 is 4.74 Å². The predicted molar refractivity (Wildman–Crippen MR) is 76.3 cm³/mol. The Bertz CT molecular complexity index is 348. The normalized spacial score (nSPS) is 12.8. The molecule has 0 amide bonds. The quantitative estimate of drug-likeness (QED) is 0.851. The first-order valence-corrected chi connectivity index (χ1v) is 7.05. The summed E-state index contributed by atoms with van der Waals surface area (Å²) in [7, 11) is 0. The Balaban J connectivity index is 2.78. The van der Waals surface area contributed by atoms with Gasteiger partial charge in [0.05, 0.1) is 6.61 Å². The van der Waals surface area contributed by atoms with Gasteiger partial charge in [0.1, 0.15) is 5.75 Å². The van der Waals surface area contributed by atoms with E-state index in [2.05, 4.69) is 29.8 Å². The Labute approximate surface area is 113 Å². The Morgan fingerprint density at radius 1 is 1.29 bits per heavy atom. The summed E-state index contributed by atoms with van der Waals surface area (Å²) in [5, 5.41) is 0. The first-order valence-electron chi connectivity index (χ1n) is 6.26. The van der Waals surface area contributed by atoms with E-state index in [1.54, 1.807) is 0 Å². The van der Waals surface area contributed by atoms with E-state index >= 15 is 0 Å². The maximum atomic E-state index is 5.94. The fourth-order valence-electron chi connectivity index (χ4n) is 1.74. The fraction of sp³-hybridized carbons (Fsp3) is 0.571. The first kappa shape index (κ1) is 14.5. The van der Waals surface area contributed by atoms with Crippen LogP contribution in [0.4, 0.5) is 0 Å². The summed E-state index contributed by atoms with van der Waals surface area (Å²) < 4.78 is 6.94. The Hall–Kier alpha value is -0.540. The molecule has 0 heterocycles. The van der Waals surface area contributed by atoms with Crippen molar-refractivity contribution in [2.45, 2.75) is 39.7 Å². The zero-order valence-electron chi connectivity index (χ0n) is 10.9. The van der Waals surface area contributed by atoms with Gasteiger partial charge in [-0.3, -0.25) is 0 Å². The van der Waals surface area contributed by atoms with E-state index in [0.717, 1.165) is 35.2 Å². The van der Waals surface area contributed by atoms with Crippen molar-refractivity contribution in [3.05, 3.63) is 28.2 Å². The number of ether oxygens (including phenoxy) is 1. The highest BCUT2D eigenvalue weighted by Crippen LogP contribution is 2.28. The van der Waals surface area contributed by atoms with Crippen molar-refractivity contribution >= 4 is 15.9 Å². The van der Waals surface area contributed by atoms with E-state index in [1.807, 2.05) is 25.1 Å². The molecule has 96 valence electrons. The molecule has 0 saturated heterocycles. The summed E-state index contributed by atoms with van der Waals surface area (Å²) in [5.74, 6) is 1.52. The third-order valence-electron chi connectivity index (χ3n) is 3.10. The molecule has 1 aromatic carbocycles. The summed E-state index contributed by atoms with van der Waals surface area (Å²) >= 11 is 3.47. The monoisotopic (exact) mass is 299 g/mol. The van der Waals surface area contributed by atoms with E-state index in [-0.39, 0.29) is 6.04 Å². The molecule has 1 rings (SSSR count). The maximum absolute atomic E-state index is 5.94. The van der Waals surface area contributed by atoms with Gasteiger partial charge in [-0.2, -0.15) is 0 Å². The molecule has 2 nitrogen and oxygen atoms in total. The van der Waals surface area contributed by atoms with Gasteiger partial charge in [0, 0.05) is 16.1 Å². The van der Waals surface area contributed by atoms with Crippen LogP contribution < -0.4 is 10.5 Å². The topological polar surface area (TPSA) is 35.2 Å². The molecular weight excluding hydrogens is 278 g/mol. The van der Waals surface area contributed by atoms with E-state index < -0.39 is 0 Å². The van der Waals surface area contributed by atoms with Crippen molar-refractivity contribution in [3.63, 3.8) is 0 Å². The Kier molecular flexibility index (Phi) is 6.00. The van der Waals surface area contributed by atoms with E-state index in [1.165, 1.54) is 0 Å². The van der Waals surface area contributed by atoms with Crippen molar-refractivity contribution in [1.29, 1.82) is 0 Å². The van der Waals surface area contributed by atoms with Gasteiger partial charge < -0.3 is 10.5 Å². The fourth-order valence-corrected chi connectivity index (χ4v) is 2.08. The van der Waals surface area contributed by atoms with E-state index in [4.69, 9.17) is 10.5 Å². The average molecular weight is 300 g/mol. The van der Waals surface area contributed by atoms with Crippen molar-refractivity contribution in [3.8, 4) is 5.75 Å². The molecule has 0 radical (unpaired) electrons. The van der Waals surface area contributed by atoms with Crippen molar-refractivity contribution in [1.82, 2.24) is 0 Å². The second-order valence-electron chi connectivity index (χ2n) is 4.46. The number of halogens is 1. The van der Waals surface area contributed by atoms with Crippen LogP contribution in [-0.2, 0) is 0 Å². The van der Waals surface area contributed by atoms with Crippen molar-refractivity contribution in [2.75, 3.05) is 6.61 Å². The Morgan fingerprint density at radius 2 is 1.94 bits per heavy atom. The second kappa shape index (κ2) is 7.02. The highest BCUT2D eigenvalue weighted by Gasteiger charge is 2.11.